The van der Waals surface area contributed by atoms with E-state index in [1.54, 1.807) is 11.3 Å². The highest BCUT2D eigenvalue weighted by Crippen LogP contribution is 2.30. The van der Waals surface area contributed by atoms with Gasteiger partial charge >= 0.3 is 5.97 Å². The molecule has 0 bridgehead atoms. The van der Waals surface area contributed by atoms with Crippen molar-refractivity contribution < 1.29 is 9.90 Å². The Bertz CT molecular complexity index is 405. The second kappa shape index (κ2) is 5.14. The van der Waals surface area contributed by atoms with Crippen molar-refractivity contribution in [2.24, 2.45) is 5.92 Å². The van der Waals surface area contributed by atoms with Crippen molar-refractivity contribution in [1.82, 2.24) is 9.88 Å². The third kappa shape index (κ3) is 2.84. The van der Waals surface area contributed by atoms with Crippen molar-refractivity contribution in [2.75, 3.05) is 7.05 Å². The van der Waals surface area contributed by atoms with Crippen molar-refractivity contribution in [2.45, 2.75) is 38.8 Å². The molecule has 4 nitrogen and oxygen atoms in total. The Morgan fingerprint density at radius 3 is 3.00 bits per heavy atom. The normalized spacial score (nSPS) is 24.4. The molecule has 0 radical (unpaired) electrons. The Hall–Kier alpha value is -0.940. The lowest BCUT2D eigenvalue weighted by atomic mass is 10.0. The minimum Gasteiger partial charge on any atom is -0.481 e. The maximum atomic E-state index is 11.1. The number of carbonyl (C=O) groups is 1. The first-order valence-electron chi connectivity index (χ1n) is 5.92. The van der Waals surface area contributed by atoms with Gasteiger partial charge in [0.05, 0.1) is 16.6 Å². The van der Waals surface area contributed by atoms with Gasteiger partial charge in [0.15, 0.2) is 0 Å². The van der Waals surface area contributed by atoms with Crippen LogP contribution in [0, 0.1) is 12.8 Å². The number of hydrogen-bond acceptors (Lipinski definition) is 4. The molecule has 2 unspecified atom stereocenters. The maximum Gasteiger partial charge on any atom is 0.308 e. The fourth-order valence-electron chi connectivity index (χ4n) is 2.61. The molecule has 2 rings (SSSR count). The Kier molecular flexibility index (Phi) is 3.79. The summed E-state index contributed by atoms with van der Waals surface area (Å²) in [4.78, 5) is 17.7. The first-order chi connectivity index (χ1) is 8.08. The van der Waals surface area contributed by atoms with Crippen molar-refractivity contribution in [3.63, 3.8) is 0 Å². The summed E-state index contributed by atoms with van der Waals surface area (Å²) in [5.41, 5.74) is 1.05. The first-order valence-corrected chi connectivity index (χ1v) is 6.80. The number of aryl methyl sites for hydroxylation is 1. The molecule has 1 aliphatic rings. The second-order valence-electron chi connectivity index (χ2n) is 4.72. The van der Waals surface area contributed by atoms with Gasteiger partial charge in [-0.15, -0.1) is 11.3 Å². The summed E-state index contributed by atoms with van der Waals surface area (Å²) in [6.07, 6.45) is 2.80. The van der Waals surface area contributed by atoms with Crippen LogP contribution in [0.3, 0.4) is 0 Å². The van der Waals surface area contributed by atoms with Crippen molar-refractivity contribution in [3.8, 4) is 0 Å². The highest BCUT2D eigenvalue weighted by atomic mass is 32.1. The topological polar surface area (TPSA) is 53.4 Å². The van der Waals surface area contributed by atoms with E-state index in [-0.39, 0.29) is 12.0 Å². The van der Waals surface area contributed by atoms with Crippen LogP contribution in [-0.4, -0.2) is 34.0 Å². The third-order valence-corrected chi connectivity index (χ3v) is 4.26. The van der Waals surface area contributed by atoms with E-state index in [1.165, 1.54) is 0 Å². The number of thiazole rings is 1. The van der Waals surface area contributed by atoms with Crippen LogP contribution in [0.4, 0.5) is 0 Å². The van der Waals surface area contributed by atoms with E-state index >= 15 is 0 Å². The van der Waals surface area contributed by atoms with Gasteiger partial charge in [0.1, 0.15) is 0 Å². The Balaban J connectivity index is 1.99. The monoisotopic (exact) mass is 254 g/mol. The van der Waals surface area contributed by atoms with E-state index < -0.39 is 5.97 Å². The van der Waals surface area contributed by atoms with Gasteiger partial charge in [-0.1, -0.05) is 6.42 Å². The maximum absolute atomic E-state index is 11.1. The van der Waals surface area contributed by atoms with Gasteiger partial charge in [-0.2, -0.15) is 0 Å². The van der Waals surface area contributed by atoms with Gasteiger partial charge in [0, 0.05) is 18.0 Å². The molecule has 0 saturated heterocycles. The van der Waals surface area contributed by atoms with Crippen LogP contribution in [-0.2, 0) is 11.3 Å². The Labute approximate surface area is 105 Å². The van der Waals surface area contributed by atoms with Gasteiger partial charge in [-0.05, 0) is 26.8 Å². The zero-order valence-corrected chi connectivity index (χ0v) is 11.0. The molecule has 1 aliphatic carbocycles. The lowest BCUT2D eigenvalue weighted by Gasteiger charge is -2.26. The van der Waals surface area contributed by atoms with Gasteiger partial charge < -0.3 is 5.11 Å². The molecule has 1 fully saturated rings. The summed E-state index contributed by atoms with van der Waals surface area (Å²) < 4.78 is 0. The number of carboxylic acids is 1. The minimum absolute atomic E-state index is 0.162. The molecular formula is C12H18N2O2S. The number of carboxylic acid groups (broad SMARTS) is 1. The first kappa shape index (κ1) is 12.5. The van der Waals surface area contributed by atoms with Crippen LogP contribution < -0.4 is 0 Å². The Morgan fingerprint density at radius 1 is 1.65 bits per heavy atom. The molecule has 0 spiro atoms. The highest BCUT2D eigenvalue weighted by molar-refractivity contribution is 7.09. The molecule has 5 heteroatoms. The van der Waals surface area contributed by atoms with Crippen LogP contribution in [0.2, 0.25) is 0 Å². The molecule has 2 atom stereocenters. The molecule has 0 aromatic carbocycles. The average Bonchev–Trinajstić information content (AvgIpc) is 2.86. The number of rotatable bonds is 4. The predicted octanol–water partition coefficient (Wildman–Crippen LogP) is 2.14. The molecule has 1 aromatic heterocycles. The molecule has 0 amide bonds. The average molecular weight is 254 g/mol. The summed E-state index contributed by atoms with van der Waals surface area (Å²) in [6.45, 7) is 2.74. The summed E-state index contributed by atoms with van der Waals surface area (Å²) in [7, 11) is 2.00. The van der Waals surface area contributed by atoms with Gasteiger partial charge in [0.2, 0.25) is 0 Å². The van der Waals surface area contributed by atoms with E-state index in [9.17, 15) is 4.79 Å². The number of nitrogens with zero attached hydrogens (tertiary/aromatic N) is 2. The van der Waals surface area contributed by atoms with Crippen LogP contribution in [0.25, 0.3) is 0 Å². The van der Waals surface area contributed by atoms with E-state index in [1.807, 2.05) is 14.0 Å². The largest absolute Gasteiger partial charge is 0.481 e. The van der Waals surface area contributed by atoms with E-state index in [2.05, 4.69) is 15.3 Å². The zero-order valence-electron chi connectivity index (χ0n) is 10.2. The summed E-state index contributed by atoms with van der Waals surface area (Å²) in [6, 6.07) is 0.162. The third-order valence-electron chi connectivity index (χ3n) is 3.44. The van der Waals surface area contributed by atoms with Gasteiger partial charge in [-0.25, -0.2) is 4.98 Å². The molecule has 0 aliphatic heterocycles. The quantitative estimate of drug-likeness (QED) is 0.894. The van der Waals surface area contributed by atoms with Crippen molar-refractivity contribution >= 4 is 17.3 Å². The summed E-state index contributed by atoms with van der Waals surface area (Å²) >= 11 is 1.64. The number of hydrogen-bond donors (Lipinski definition) is 1. The molecule has 1 N–H and O–H groups in total. The van der Waals surface area contributed by atoms with Crippen molar-refractivity contribution in [1.29, 1.82) is 0 Å². The van der Waals surface area contributed by atoms with Crippen LogP contribution in [0.15, 0.2) is 5.38 Å². The SMILES string of the molecule is Cc1nc(CN(C)C2CCCC2C(=O)O)cs1. The lowest BCUT2D eigenvalue weighted by molar-refractivity contribution is -0.143. The summed E-state index contributed by atoms with van der Waals surface area (Å²) in [5, 5.41) is 12.3. The van der Waals surface area contributed by atoms with Gasteiger partial charge in [-0.3, -0.25) is 9.69 Å². The Morgan fingerprint density at radius 2 is 2.41 bits per heavy atom. The molecule has 94 valence electrons. The fourth-order valence-corrected chi connectivity index (χ4v) is 3.21. The standard InChI is InChI=1S/C12H18N2O2S/c1-8-13-9(7-17-8)6-14(2)11-5-3-4-10(11)12(15)16/h7,10-11H,3-6H2,1-2H3,(H,15,16). The molecular weight excluding hydrogens is 236 g/mol. The van der Waals surface area contributed by atoms with Crippen LogP contribution >= 0.6 is 11.3 Å². The number of aromatic nitrogens is 1. The smallest absolute Gasteiger partial charge is 0.308 e. The van der Waals surface area contributed by atoms with Gasteiger partial charge in [0.25, 0.3) is 0 Å². The molecule has 17 heavy (non-hydrogen) atoms. The zero-order chi connectivity index (χ0) is 12.4. The highest BCUT2D eigenvalue weighted by Gasteiger charge is 2.35. The van der Waals surface area contributed by atoms with E-state index in [4.69, 9.17) is 5.11 Å². The fraction of sp³-hybridized carbons (Fsp3) is 0.667. The minimum atomic E-state index is -0.659. The number of aliphatic carboxylic acids is 1. The second-order valence-corrected chi connectivity index (χ2v) is 5.78. The van der Waals surface area contributed by atoms with Crippen LogP contribution in [0.5, 0.6) is 0 Å². The molecule has 1 aromatic rings. The van der Waals surface area contributed by atoms with Crippen LogP contribution in [0.1, 0.15) is 30.0 Å². The molecule has 1 heterocycles. The van der Waals surface area contributed by atoms with Crippen molar-refractivity contribution in [3.05, 3.63) is 16.1 Å². The van der Waals surface area contributed by atoms with E-state index in [0.29, 0.717) is 0 Å². The summed E-state index contributed by atoms with van der Waals surface area (Å²) in [5.74, 6) is -0.867. The molecule has 1 saturated carbocycles. The lowest BCUT2D eigenvalue weighted by Crippen LogP contribution is -2.37. The predicted molar refractivity (Wildman–Crippen MR) is 67.1 cm³/mol. The van der Waals surface area contributed by atoms with E-state index in [0.717, 1.165) is 36.5 Å².